The van der Waals surface area contributed by atoms with Crippen LogP contribution in [-0.2, 0) is 4.79 Å². The quantitative estimate of drug-likeness (QED) is 0.927. The topological polar surface area (TPSA) is 41.6 Å². The number of amides is 1. The number of carbonyl (C=O) groups excluding carboxylic acids is 1. The van der Waals surface area contributed by atoms with Crippen LogP contribution >= 0.6 is 0 Å². The number of nitrogens with one attached hydrogen (secondary N) is 1. The molecular formula is C16H21FN2O2. The number of carbonyl (C=O) groups is 1. The largest absolute Gasteiger partial charge is 0.494 e. The Morgan fingerprint density at radius 1 is 1.38 bits per heavy atom. The van der Waals surface area contributed by atoms with Gasteiger partial charge in [0.1, 0.15) is 6.17 Å². The predicted octanol–water partition coefficient (Wildman–Crippen LogP) is 2.45. The van der Waals surface area contributed by atoms with Gasteiger partial charge in [-0.15, -0.1) is 0 Å². The molecule has 1 amide bonds. The van der Waals surface area contributed by atoms with Gasteiger partial charge in [-0.2, -0.15) is 0 Å². The van der Waals surface area contributed by atoms with E-state index in [2.05, 4.69) is 5.32 Å². The molecule has 0 radical (unpaired) electrons. The first-order chi connectivity index (χ1) is 10.2. The highest BCUT2D eigenvalue weighted by Crippen LogP contribution is 2.31. The second kappa shape index (κ2) is 6.02. The molecule has 1 aromatic carbocycles. The van der Waals surface area contributed by atoms with Gasteiger partial charge < -0.3 is 9.64 Å². The molecule has 4 nitrogen and oxygen atoms in total. The molecule has 0 spiro atoms. The Hall–Kier alpha value is -1.62. The van der Waals surface area contributed by atoms with Crippen LogP contribution in [-0.4, -0.2) is 31.0 Å². The molecule has 1 N–H and O–H groups in total. The summed E-state index contributed by atoms with van der Waals surface area (Å²) in [5, 5.41) is 3.18. The summed E-state index contributed by atoms with van der Waals surface area (Å²) in [6.07, 6.45) is 4.66. The van der Waals surface area contributed by atoms with Crippen molar-refractivity contribution >= 4 is 5.91 Å². The maximum Gasteiger partial charge on any atom is 0.238 e. The minimum Gasteiger partial charge on any atom is -0.494 e. The maximum absolute atomic E-state index is 13.9. The van der Waals surface area contributed by atoms with Crippen molar-refractivity contribution in [3.05, 3.63) is 29.6 Å². The molecule has 1 heterocycles. The number of rotatable bonds is 4. The molecule has 5 heteroatoms. The van der Waals surface area contributed by atoms with Crippen molar-refractivity contribution in [3.63, 3.8) is 0 Å². The summed E-state index contributed by atoms with van der Waals surface area (Å²) in [5.41, 5.74) is 0.775. The van der Waals surface area contributed by atoms with Crippen LogP contribution < -0.4 is 10.1 Å². The number of halogens is 1. The van der Waals surface area contributed by atoms with Crippen molar-refractivity contribution in [2.75, 3.05) is 20.2 Å². The van der Waals surface area contributed by atoms with Crippen LogP contribution in [0.15, 0.2) is 18.2 Å². The Bertz CT molecular complexity index is 529. The zero-order valence-corrected chi connectivity index (χ0v) is 12.3. The minimum atomic E-state index is -0.392. The summed E-state index contributed by atoms with van der Waals surface area (Å²) < 4.78 is 18.8. The molecule has 1 unspecified atom stereocenters. The second-order valence-corrected chi connectivity index (χ2v) is 5.87. The fourth-order valence-electron chi connectivity index (χ4n) is 3.37. The fraction of sp³-hybridized carbons (Fsp3) is 0.562. The van der Waals surface area contributed by atoms with E-state index >= 15 is 0 Å². The lowest BCUT2D eigenvalue weighted by atomic mass is 10.1. The molecule has 1 saturated heterocycles. The normalized spacial score (nSPS) is 23.0. The van der Waals surface area contributed by atoms with E-state index < -0.39 is 5.82 Å². The Morgan fingerprint density at radius 3 is 2.81 bits per heavy atom. The van der Waals surface area contributed by atoms with Gasteiger partial charge in [0.2, 0.25) is 5.91 Å². The lowest BCUT2D eigenvalue weighted by Crippen LogP contribution is -2.34. The lowest BCUT2D eigenvalue weighted by molar-refractivity contribution is -0.128. The Kier molecular flexibility index (Phi) is 4.10. The lowest BCUT2D eigenvalue weighted by Gasteiger charge is -2.27. The Balaban J connectivity index is 1.78. The Morgan fingerprint density at radius 2 is 2.14 bits per heavy atom. The molecule has 2 fully saturated rings. The first kappa shape index (κ1) is 14.3. The van der Waals surface area contributed by atoms with Gasteiger partial charge in [-0.25, -0.2) is 4.39 Å². The predicted molar refractivity (Wildman–Crippen MR) is 77.4 cm³/mol. The van der Waals surface area contributed by atoms with E-state index in [0.29, 0.717) is 12.5 Å². The van der Waals surface area contributed by atoms with Crippen LogP contribution in [0.4, 0.5) is 4.39 Å². The number of benzene rings is 1. The van der Waals surface area contributed by atoms with Crippen LogP contribution in [0.1, 0.15) is 37.4 Å². The highest BCUT2D eigenvalue weighted by molar-refractivity contribution is 5.81. The zero-order chi connectivity index (χ0) is 14.8. The van der Waals surface area contributed by atoms with Crippen molar-refractivity contribution in [1.82, 2.24) is 10.2 Å². The van der Waals surface area contributed by atoms with Crippen LogP contribution in [0.5, 0.6) is 5.75 Å². The summed E-state index contributed by atoms with van der Waals surface area (Å²) in [4.78, 5) is 14.0. The van der Waals surface area contributed by atoms with Crippen LogP contribution in [0.25, 0.3) is 0 Å². The van der Waals surface area contributed by atoms with Crippen molar-refractivity contribution in [3.8, 4) is 5.75 Å². The van der Waals surface area contributed by atoms with E-state index in [9.17, 15) is 9.18 Å². The molecule has 1 atom stereocenters. The molecule has 1 aromatic rings. The van der Waals surface area contributed by atoms with E-state index in [4.69, 9.17) is 4.74 Å². The van der Waals surface area contributed by atoms with Gasteiger partial charge >= 0.3 is 0 Å². The first-order valence-corrected chi connectivity index (χ1v) is 7.55. The van der Waals surface area contributed by atoms with Crippen LogP contribution in [0, 0.1) is 11.7 Å². The number of hydrogen-bond donors (Lipinski definition) is 1. The van der Waals surface area contributed by atoms with Gasteiger partial charge in [-0.05, 0) is 36.5 Å². The molecule has 21 heavy (non-hydrogen) atoms. The van der Waals surface area contributed by atoms with Crippen LogP contribution in [0.3, 0.4) is 0 Å². The SMILES string of the molecule is COc1ccc(C2NCC(=O)N2CC2CCCC2)cc1F. The summed E-state index contributed by atoms with van der Waals surface area (Å²) in [5.74, 6) is 0.518. The van der Waals surface area contributed by atoms with Gasteiger partial charge in [-0.3, -0.25) is 10.1 Å². The van der Waals surface area contributed by atoms with Crippen LogP contribution in [0.2, 0.25) is 0 Å². The number of hydrogen-bond acceptors (Lipinski definition) is 3. The molecule has 3 rings (SSSR count). The third kappa shape index (κ3) is 2.88. The van der Waals surface area contributed by atoms with Crippen molar-refractivity contribution in [2.24, 2.45) is 5.92 Å². The summed E-state index contributed by atoms with van der Waals surface area (Å²) in [6, 6.07) is 4.89. The summed E-state index contributed by atoms with van der Waals surface area (Å²) >= 11 is 0. The molecule has 0 aromatic heterocycles. The molecule has 1 aliphatic heterocycles. The fourth-order valence-corrected chi connectivity index (χ4v) is 3.37. The zero-order valence-electron chi connectivity index (χ0n) is 12.3. The number of ether oxygens (including phenoxy) is 1. The molecular weight excluding hydrogens is 271 g/mol. The third-order valence-electron chi connectivity index (χ3n) is 4.50. The molecule has 114 valence electrons. The molecule has 0 bridgehead atoms. The van der Waals surface area contributed by atoms with E-state index in [1.165, 1.54) is 38.9 Å². The average molecular weight is 292 g/mol. The van der Waals surface area contributed by atoms with Gasteiger partial charge in [0.15, 0.2) is 11.6 Å². The molecule has 1 aliphatic carbocycles. The van der Waals surface area contributed by atoms with Gasteiger partial charge in [0, 0.05) is 6.54 Å². The smallest absolute Gasteiger partial charge is 0.238 e. The standard InChI is InChI=1S/C16H21FN2O2/c1-21-14-7-6-12(8-13(14)17)16-18-9-15(20)19(16)10-11-4-2-3-5-11/h6-8,11,16,18H,2-5,9-10H2,1H3. The molecule has 1 saturated carbocycles. The first-order valence-electron chi connectivity index (χ1n) is 7.55. The highest BCUT2D eigenvalue weighted by Gasteiger charge is 2.34. The average Bonchev–Trinajstić information content (AvgIpc) is 3.11. The van der Waals surface area contributed by atoms with Gasteiger partial charge in [0.05, 0.1) is 13.7 Å². The Labute approximate surface area is 124 Å². The van der Waals surface area contributed by atoms with Crippen molar-refractivity contribution < 1.29 is 13.9 Å². The van der Waals surface area contributed by atoms with Gasteiger partial charge in [-0.1, -0.05) is 18.9 Å². The summed E-state index contributed by atoms with van der Waals surface area (Å²) in [7, 11) is 1.45. The van der Waals surface area contributed by atoms with E-state index in [1.54, 1.807) is 6.07 Å². The second-order valence-electron chi connectivity index (χ2n) is 5.87. The minimum absolute atomic E-state index is 0.100. The third-order valence-corrected chi connectivity index (χ3v) is 4.50. The van der Waals surface area contributed by atoms with E-state index in [0.717, 1.165) is 12.1 Å². The van der Waals surface area contributed by atoms with E-state index in [-0.39, 0.29) is 17.8 Å². The van der Waals surface area contributed by atoms with Crippen molar-refractivity contribution in [2.45, 2.75) is 31.8 Å². The molecule has 2 aliphatic rings. The van der Waals surface area contributed by atoms with Gasteiger partial charge in [0.25, 0.3) is 0 Å². The number of nitrogens with zero attached hydrogens (tertiary/aromatic N) is 1. The highest BCUT2D eigenvalue weighted by atomic mass is 19.1. The maximum atomic E-state index is 13.9. The summed E-state index contributed by atoms with van der Waals surface area (Å²) in [6.45, 7) is 1.09. The van der Waals surface area contributed by atoms with E-state index in [1.807, 2.05) is 11.0 Å². The number of methoxy groups -OCH3 is 1. The van der Waals surface area contributed by atoms with Crippen molar-refractivity contribution in [1.29, 1.82) is 0 Å². The monoisotopic (exact) mass is 292 g/mol.